The van der Waals surface area contributed by atoms with Crippen LogP contribution in [-0.4, -0.2) is 24.9 Å². The molecular weight excluding hydrogens is 314 g/mol. The van der Waals surface area contributed by atoms with Crippen molar-refractivity contribution in [1.82, 2.24) is 10.6 Å². The van der Waals surface area contributed by atoms with Crippen molar-refractivity contribution in [2.45, 2.75) is 39.2 Å². The topological polar surface area (TPSA) is 70.2 Å². The molecule has 2 amide bonds. The maximum Gasteiger partial charge on any atom is 0.224 e. The van der Waals surface area contributed by atoms with Gasteiger partial charge in [0.1, 0.15) is 0 Å². The molecule has 3 N–H and O–H groups in total. The first-order valence-corrected chi connectivity index (χ1v) is 8.06. The van der Waals surface area contributed by atoms with E-state index < -0.39 is 0 Å². The van der Waals surface area contributed by atoms with E-state index in [-0.39, 0.29) is 30.1 Å². The quantitative estimate of drug-likeness (QED) is 0.745. The summed E-state index contributed by atoms with van der Waals surface area (Å²) in [5, 5.41) is 9.08. The van der Waals surface area contributed by atoms with E-state index >= 15 is 0 Å². The lowest BCUT2D eigenvalue weighted by Crippen LogP contribution is -2.40. The van der Waals surface area contributed by atoms with Gasteiger partial charge in [-0.25, -0.2) is 0 Å². The predicted molar refractivity (Wildman–Crippen MR) is 94.7 cm³/mol. The molecule has 1 atom stereocenters. The zero-order valence-electron chi connectivity index (χ0n) is 13.6. The van der Waals surface area contributed by atoms with Crippen LogP contribution < -0.4 is 16.0 Å². The number of hydrogen-bond donors (Lipinski definition) is 3. The molecule has 6 heteroatoms. The summed E-state index contributed by atoms with van der Waals surface area (Å²) in [6.07, 6.45) is 3.39. The smallest absolute Gasteiger partial charge is 0.224 e. The summed E-state index contributed by atoms with van der Waals surface area (Å²) in [4.78, 5) is 23.6. The van der Waals surface area contributed by atoms with Crippen molar-refractivity contribution in [3.05, 3.63) is 29.8 Å². The Hall–Kier alpha value is -1.59. The van der Waals surface area contributed by atoms with Crippen molar-refractivity contribution in [2.75, 3.05) is 18.4 Å². The average Bonchev–Trinajstić information content (AvgIpc) is 2.55. The molecule has 0 saturated carbocycles. The molecule has 1 heterocycles. The Morgan fingerprint density at radius 2 is 2.00 bits per heavy atom. The molecule has 0 radical (unpaired) electrons. The lowest BCUT2D eigenvalue weighted by Gasteiger charge is -2.21. The number of hydrogen-bond acceptors (Lipinski definition) is 3. The van der Waals surface area contributed by atoms with Crippen molar-refractivity contribution >= 4 is 29.9 Å². The summed E-state index contributed by atoms with van der Waals surface area (Å²) < 4.78 is 0. The molecular formula is C17H26ClN3O2. The third-order valence-electron chi connectivity index (χ3n) is 3.85. The van der Waals surface area contributed by atoms with Crippen LogP contribution in [0.1, 0.15) is 38.2 Å². The minimum Gasteiger partial charge on any atom is -0.352 e. The van der Waals surface area contributed by atoms with Gasteiger partial charge in [-0.15, -0.1) is 12.4 Å². The zero-order chi connectivity index (χ0) is 15.8. The normalized spacial score (nSPS) is 17.0. The minimum absolute atomic E-state index is 0. The van der Waals surface area contributed by atoms with Crippen LogP contribution in [0, 0.1) is 5.92 Å². The number of rotatable bonds is 6. The van der Waals surface area contributed by atoms with Gasteiger partial charge in [-0.1, -0.05) is 19.1 Å². The van der Waals surface area contributed by atoms with Gasteiger partial charge in [-0.05, 0) is 43.5 Å². The van der Waals surface area contributed by atoms with E-state index in [4.69, 9.17) is 0 Å². The molecule has 23 heavy (non-hydrogen) atoms. The lowest BCUT2D eigenvalue weighted by molar-refractivity contribution is -0.125. The number of benzene rings is 1. The van der Waals surface area contributed by atoms with Crippen LogP contribution in [-0.2, 0) is 16.1 Å². The fourth-order valence-electron chi connectivity index (χ4n) is 2.57. The van der Waals surface area contributed by atoms with Crippen LogP contribution in [0.2, 0.25) is 0 Å². The largest absolute Gasteiger partial charge is 0.352 e. The van der Waals surface area contributed by atoms with Gasteiger partial charge in [0, 0.05) is 25.2 Å². The molecule has 1 aromatic rings. The van der Waals surface area contributed by atoms with E-state index in [2.05, 4.69) is 16.0 Å². The molecule has 1 saturated heterocycles. The Bertz CT molecular complexity index is 499. The van der Waals surface area contributed by atoms with Gasteiger partial charge < -0.3 is 16.0 Å². The molecule has 1 aromatic carbocycles. The second-order valence-electron chi connectivity index (χ2n) is 5.76. The van der Waals surface area contributed by atoms with Gasteiger partial charge in [-0.2, -0.15) is 0 Å². The van der Waals surface area contributed by atoms with E-state index in [0.717, 1.165) is 43.6 Å². The highest BCUT2D eigenvalue weighted by atomic mass is 35.5. The van der Waals surface area contributed by atoms with Gasteiger partial charge in [0.25, 0.3) is 0 Å². The van der Waals surface area contributed by atoms with Crippen molar-refractivity contribution in [3.63, 3.8) is 0 Å². The third-order valence-corrected chi connectivity index (χ3v) is 3.85. The fourth-order valence-corrected chi connectivity index (χ4v) is 2.57. The Morgan fingerprint density at radius 1 is 1.26 bits per heavy atom. The van der Waals surface area contributed by atoms with Crippen LogP contribution in [0.15, 0.2) is 24.3 Å². The summed E-state index contributed by atoms with van der Waals surface area (Å²) in [6.45, 7) is 4.29. The van der Waals surface area contributed by atoms with E-state index in [0.29, 0.717) is 13.0 Å². The summed E-state index contributed by atoms with van der Waals surface area (Å²) in [5.74, 6) is 0.238. The van der Waals surface area contributed by atoms with Crippen molar-refractivity contribution in [1.29, 1.82) is 0 Å². The number of anilines is 1. The molecule has 5 nitrogen and oxygen atoms in total. The molecule has 128 valence electrons. The van der Waals surface area contributed by atoms with Crippen LogP contribution >= 0.6 is 12.4 Å². The predicted octanol–water partition coefficient (Wildman–Crippen LogP) is 2.46. The molecule has 1 fully saturated rings. The first kappa shape index (κ1) is 19.5. The van der Waals surface area contributed by atoms with Crippen molar-refractivity contribution in [2.24, 2.45) is 5.92 Å². The van der Waals surface area contributed by atoms with Crippen molar-refractivity contribution in [3.8, 4) is 0 Å². The summed E-state index contributed by atoms with van der Waals surface area (Å²) in [7, 11) is 0. The van der Waals surface area contributed by atoms with E-state index in [9.17, 15) is 9.59 Å². The second-order valence-corrected chi connectivity index (χ2v) is 5.76. The van der Waals surface area contributed by atoms with Gasteiger partial charge in [0.15, 0.2) is 0 Å². The third kappa shape index (κ3) is 6.59. The monoisotopic (exact) mass is 339 g/mol. The SMILES string of the molecule is CCCC(=O)Nc1ccc(CNC(=O)C2CCCNC2)cc1.Cl. The average molecular weight is 340 g/mol. The fraction of sp³-hybridized carbons (Fsp3) is 0.529. The van der Waals surface area contributed by atoms with Gasteiger partial charge in [0.05, 0.1) is 5.92 Å². The summed E-state index contributed by atoms with van der Waals surface area (Å²) in [6, 6.07) is 7.61. The minimum atomic E-state index is 0. The lowest BCUT2D eigenvalue weighted by atomic mass is 9.99. The Labute approximate surface area is 144 Å². The molecule has 1 aliphatic rings. The molecule has 0 aliphatic carbocycles. The highest BCUT2D eigenvalue weighted by Gasteiger charge is 2.20. The molecule has 1 unspecified atom stereocenters. The Kier molecular flexibility index (Phi) is 8.66. The van der Waals surface area contributed by atoms with Crippen LogP contribution in [0.25, 0.3) is 0 Å². The molecule has 1 aliphatic heterocycles. The number of carbonyl (C=O) groups excluding carboxylic acids is 2. The molecule has 0 bridgehead atoms. The van der Waals surface area contributed by atoms with Gasteiger partial charge >= 0.3 is 0 Å². The van der Waals surface area contributed by atoms with Crippen molar-refractivity contribution < 1.29 is 9.59 Å². The maximum absolute atomic E-state index is 12.0. The first-order valence-electron chi connectivity index (χ1n) is 8.06. The molecule has 0 aromatic heterocycles. The van der Waals surface area contributed by atoms with Crippen LogP contribution in [0.5, 0.6) is 0 Å². The van der Waals surface area contributed by atoms with E-state index in [1.807, 2.05) is 31.2 Å². The highest BCUT2D eigenvalue weighted by molar-refractivity contribution is 5.90. The second kappa shape index (κ2) is 10.2. The maximum atomic E-state index is 12.0. The Balaban J connectivity index is 0.00000264. The number of piperidine rings is 1. The molecule has 2 rings (SSSR count). The summed E-state index contributed by atoms with van der Waals surface area (Å²) >= 11 is 0. The summed E-state index contributed by atoms with van der Waals surface area (Å²) in [5.41, 5.74) is 1.83. The standard InChI is InChI=1S/C17H25N3O2.ClH/c1-2-4-16(21)20-15-8-6-13(7-9-15)11-19-17(22)14-5-3-10-18-12-14;/h6-9,14,18H,2-5,10-12H2,1H3,(H,19,22)(H,20,21);1H. The van der Waals surface area contributed by atoms with Gasteiger partial charge in [0.2, 0.25) is 11.8 Å². The van der Waals surface area contributed by atoms with Crippen LogP contribution in [0.4, 0.5) is 5.69 Å². The first-order chi connectivity index (χ1) is 10.7. The number of carbonyl (C=O) groups is 2. The van der Waals surface area contributed by atoms with E-state index in [1.165, 1.54) is 0 Å². The number of nitrogens with one attached hydrogen (secondary N) is 3. The van der Waals surface area contributed by atoms with Gasteiger partial charge in [-0.3, -0.25) is 9.59 Å². The zero-order valence-corrected chi connectivity index (χ0v) is 14.4. The number of halogens is 1. The molecule has 0 spiro atoms. The van der Waals surface area contributed by atoms with E-state index in [1.54, 1.807) is 0 Å². The number of amides is 2. The Morgan fingerprint density at radius 3 is 2.61 bits per heavy atom. The van der Waals surface area contributed by atoms with Crippen LogP contribution in [0.3, 0.4) is 0 Å². The highest BCUT2D eigenvalue weighted by Crippen LogP contribution is 2.12.